The number of rotatable bonds is 6. The Morgan fingerprint density at radius 2 is 1.77 bits per heavy atom. The Labute approximate surface area is 82.1 Å². The smallest absolute Gasteiger partial charge is 0.149 e. The first-order valence-electron chi connectivity index (χ1n) is 5.26. The van der Waals surface area contributed by atoms with Gasteiger partial charge >= 0.3 is 0 Å². The zero-order valence-corrected chi connectivity index (χ0v) is 9.55. The average molecular weight is 185 g/mol. The molecule has 0 heterocycles. The molecule has 0 aliphatic heterocycles. The van der Waals surface area contributed by atoms with Gasteiger partial charge in [0.05, 0.1) is 6.04 Å². The van der Waals surface area contributed by atoms with Gasteiger partial charge in [0.1, 0.15) is 5.78 Å². The summed E-state index contributed by atoms with van der Waals surface area (Å²) in [5.41, 5.74) is 0. The van der Waals surface area contributed by atoms with Gasteiger partial charge in [-0.3, -0.25) is 4.79 Å². The molecule has 0 saturated heterocycles. The molecule has 2 nitrogen and oxygen atoms in total. The van der Waals surface area contributed by atoms with Crippen molar-refractivity contribution in [1.82, 2.24) is 5.32 Å². The van der Waals surface area contributed by atoms with E-state index in [1.54, 1.807) is 0 Å². The molecule has 13 heavy (non-hydrogen) atoms. The number of ketones is 1. The summed E-state index contributed by atoms with van der Waals surface area (Å²) in [7, 11) is 0. The molecule has 0 aliphatic rings. The zero-order valence-electron chi connectivity index (χ0n) is 9.55. The average Bonchev–Trinajstić information content (AvgIpc) is 2.00. The van der Waals surface area contributed by atoms with Crippen molar-refractivity contribution in [1.29, 1.82) is 0 Å². The number of carbonyl (C=O) groups is 1. The van der Waals surface area contributed by atoms with Crippen LogP contribution in [0.3, 0.4) is 0 Å². The molecule has 0 unspecified atom stereocenters. The number of hydrogen-bond acceptors (Lipinski definition) is 2. The summed E-state index contributed by atoms with van der Waals surface area (Å²) < 4.78 is 0. The molecule has 1 atom stereocenters. The lowest BCUT2D eigenvalue weighted by Gasteiger charge is -2.21. The highest BCUT2D eigenvalue weighted by Gasteiger charge is 2.17. The molecule has 78 valence electrons. The Kier molecular flexibility index (Phi) is 5.97. The second-order valence-corrected chi connectivity index (χ2v) is 4.32. The van der Waals surface area contributed by atoms with Gasteiger partial charge in [0.15, 0.2) is 0 Å². The van der Waals surface area contributed by atoms with Crippen LogP contribution in [-0.2, 0) is 4.79 Å². The van der Waals surface area contributed by atoms with Gasteiger partial charge in [0.25, 0.3) is 0 Å². The Balaban J connectivity index is 4.10. The second-order valence-electron chi connectivity index (χ2n) is 4.32. The molecule has 0 aliphatic carbocycles. The Hall–Kier alpha value is -0.370. The maximum Gasteiger partial charge on any atom is 0.149 e. The van der Waals surface area contributed by atoms with Crippen LogP contribution < -0.4 is 5.32 Å². The van der Waals surface area contributed by atoms with Crippen molar-refractivity contribution in [3.8, 4) is 0 Å². The maximum absolute atomic E-state index is 11.5. The second kappa shape index (κ2) is 6.14. The van der Waals surface area contributed by atoms with Crippen LogP contribution in [0.15, 0.2) is 0 Å². The van der Waals surface area contributed by atoms with E-state index in [1.165, 1.54) is 0 Å². The molecule has 0 saturated carbocycles. The van der Waals surface area contributed by atoms with Gasteiger partial charge in [0.2, 0.25) is 0 Å². The van der Waals surface area contributed by atoms with Gasteiger partial charge in [-0.15, -0.1) is 0 Å². The van der Waals surface area contributed by atoms with Crippen molar-refractivity contribution >= 4 is 5.78 Å². The van der Waals surface area contributed by atoms with Crippen LogP contribution in [-0.4, -0.2) is 17.9 Å². The predicted molar refractivity (Wildman–Crippen MR) is 56.8 cm³/mol. The van der Waals surface area contributed by atoms with Gasteiger partial charge in [-0.25, -0.2) is 0 Å². The molecule has 0 rings (SSSR count). The number of Topliss-reactive ketones (excluding diaryl/α,β-unsaturated/α-hetero) is 1. The van der Waals surface area contributed by atoms with Gasteiger partial charge in [0, 0.05) is 12.5 Å². The first-order chi connectivity index (χ1) is 5.97. The van der Waals surface area contributed by atoms with E-state index in [2.05, 4.69) is 33.0 Å². The van der Waals surface area contributed by atoms with Gasteiger partial charge in [-0.2, -0.15) is 0 Å². The van der Waals surface area contributed by atoms with Crippen LogP contribution in [0, 0.1) is 5.92 Å². The van der Waals surface area contributed by atoms with Crippen LogP contribution >= 0.6 is 0 Å². The molecule has 2 heteroatoms. The first-order valence-corrected chi connectivity index (χ1v) is 5.26. The predicted octanol–water partition coefficient (Wildman–Crippen LogP) is 2.38. The molecular formula is C11H23NO. The minimum absolute atomic E-state index is 0.0602. The van der Waals surface area contributed by atoms with Crippen molar-refractivity contribution in [3.63, 3.8) is 0 Å². The summed E-state index contributed by atoms with van der Waals surface area (Å²) in [6, 6.07) is 0.448. The lowest BCUT2D eigenvalue weighted by molar-refractivity contribution is -0.121. The maximum atomic E-state index is 11.5. The van der Waals surface area contributed by atoms with Crippen molar-refractivity contribution in [3.05, 3.63) is 0 Å². The summed E-state index contributed by atoms with van der Waals surface area (Å²) >= 11 is 0. The molecule has 0 fully saturated rings. The fraction of sp³-hybridized carbons (Fsp3) is 0.909. The van der Waals surface area contributed by atoms with Gasteiger partial charge < -0.3 is 5.32 Å². The van der Waals surface area contributed by atoms with Crippen molar-refractivity contribution in [2.75, 3.05) is 0 Å². The number of hydrogen-bond donors (Lipinski definition) is 1. The van der Waals surface area contributed by atoms with E-state index in [0.29, 0.717) is 24.2 Å². The monoisotopic (exact) mass is 185 g/mol. The van der Waals surface area contributed by atoms with Gasteiger partial charge in [-0.05, 0) is 12.3 Å². The van der Waals surface area contributed by atoms with E-state index >= 15 is 0 Å². The fourth-order valence-corrected chi connectivity index (χ4v) is 1.41. The largest absolute Gasteiger partial charge is 0.305 e. The first kappa shape index (κ1) is 12.6. The van der Waals surface area contributed by atoms with E-state index in [0.717, 1.165) is 6.42 Å². The van der Waals surface area contributed by atoms with E-state index in [1.807, 2.05) is 6.92 Å². The van der Waals surface area contributed by atoms with Crippen LogP contribution in [0.25, 0.3) is 0 Å². The SMILES string of the molecule is CCC(=O)[C@H](CC(C)C)NC(C)C. The highest BCUT2D eigenvalue weighted by molar-refractivity contribution is 5.83. The minimum atomic E-state index is 0.0602. The highest BCUT2D eigenvalue weighted by Crippen LogP contribution is 2.07. The summed E-state index contributed by atoms with van der Waals surface area (Å²) in [6.07, 6.45) is 1.59. The number of nitrogens with one attached hydrogen (secondary N) is 1. The fourth-order valence-electron chi connectivity index (χ4n) is 1.41. The van der Waals surface area contributed by atoms with E-state index in [4.69, 9.17) is 0 Å². The van der Waals surface area contributed by atoms with Gasteiger partial charge in [-0.1, -0.05) is 34.6 Å². The van der Waals surface area contributed by atoms with E-state index in [9.17, 15) is 4.79 Å². The lowest BCUT2D eigenvalue weighted by Crippen LogP contribution is -2.41. The molecule has 0 aromatic carbocycles. The molecule has 0 radical (unpaired) electrons. The van der Waals surface area contributed by atoms with Crippen molar-refractivity contribution in [2.45, 2.75) is 59.5 Å². The molecule has 0 aromatic heterocycles. The standard InChI is InChI=1S/C11H23NO/c1-6-11(13)10(7-8(2)3)12-9(4)5/h8-10,12H,6-7H2,1-5H3/t10-/m0/s1. The lowest BCUT2D eigenvalue weighted by atomic mass is 9.98. The summed E-state index contributed by atoms with van der Waals surface area (Å²) in [5, 5.41) is 3.31. The molecule has 1 N–H and O–H groups in total. The van der Waals surface area contributed by atoms with Crippen molar-refractivity contribution in [2.24, 2.45) is 5.92 Å². The normalized spacial score (nSPS) is 13.8. The summed E-state index contributed by atoms with van der Waals surface area (Å²) in [6.45, 7) is 10.4. The molecule has 0 amide bonds. The van der Waals surface area contributed by atoms with Crippen molar-refractivity contribution < 1.29 is 4.79 Å². The molecule has 0 aromatic rings. The third kappa shape index (κ3) is 5.81. The Morgan fingerprint density at radius 1 is 1.23 bits per heavy atom. The molecule has 0 spiro atoms. The molecular weight excluding hydrogens is 162 g/mol. The third-order valence-corrected chi connectivity index (χ3v) is 1.98. The Morgan fingerprint density at radius 3 is 2.08 bits per heavy atom. The van der Waals surface area contributed by atoms with Crippen LogP contribution in [0.4, 0.5) is 0 Å². The van der Waals surface area contributed by atoms with Crippen LogP contribution in [0.2, 0.25) is 0 Å². The third-order valence-electron chi connectivity index (χ3n) is 1.98. The van der Waals surface area contributed by atoms with Crippen LogP contribution in [0.1, 0.15) is 47.5 Å². The molecule has 0 bridgehead atoms. The van der Waals surface area contributed by atoms with E-state index < -0.39 is 0 Å². The van der Waals surface area contributed by atoms with Crippen LogP contribution in [0.5, 0.6) is 0 Å². The summed E-state index contributed by atoms with van der Waals surface area (Å²) in [4.78, 5) is 11.5. The Bertz CT molecular complexity index is 142. The zero-order chi connectivity index (χ0) is 10.4. The topological polar surface area (TPSA) is 29.1 Å². The van der Waals surface area contributed by atoms with E-state index in [-0.39, 0.29) is 6.04 Å². The number of carbonyl (C=O) groups excluding carboxylic acids is 1. The minimum Gasteiger partial charge on any atom is -0.305 e. The quantitative estimate of drug-likeness (QED) is 0.688. The summed E-state index contributed by atoms with van der Waals surface area (Å²) in [5.74, 6) is 0.911. The highest BCUT2D eigenvalue weighted by atomic mass is 16.1.